The van der Waals surface area contributed by atoms with Crippen molar-refractivity contribution < 1.29 is 39.5 Å². The smallest absolute Gasteiger partial charge is 0.354 e. The van der Waals surface area contributed by atoms with Crippen LogP contribution in [0.4, 0.5) is 0 Å². The quantitative estimate of drug-likeness (QED) is 0.491. The fourth-order valence-electron chi connectivity index (χ4n) is 2.27. The molecule has 0 unspecified atom stereocenters. The van der Waals surface area contributed by atoms with Gasteiger partial charge in [0.1, 0.15) is 5.69 Å². The number of hydrogen-bond donors (Lipinski definition) is 1. The van der Waals surface area contributed by atoms with Crippen molar-refractivity contribution in [3.63, 3.8) is 0 Å². The molecule has 1 N–H and O–H groups in total. The Bertz CT molecular complexity index is 921. The predicted octanol–water partition coefficient (Wildman–Crippen LogP) is 3.36. The number of aromatic carboxylic acids is 1. The summed E-state index contributed by atoms with van der Waals surface area (Å²) >= 11 is 0. The van der Waals surface area contributed by atoms with E-state index < -0.39 is 5.97 Å². The van der Waals surface area contributed by atoms with Gasteiger partial charge in [0.2, 0.25) is 0 Å². The third kappa shape index (κ3) is 6.11. The Morgan fingerprint density at radius 1 is 1.11 bits per heavy atom. The van der Waals surface area contributed by atoms with Crippen LogP contribution >= 0.6 is 0 Å². The molecule has 0 aliphatic heterocycles. The van der Waals surface area contributed by atoms with Gasteiger partial charge in [-0.25, -0.2) is 9.78 Å². The van der Waals surface area contributed by atoms with Crippen LogP contribution in [0.15, 0.2) is 42.7 Å². The van der Waals surface area contributed by atoms with Crippen LogP contribution in [0.3, 0.4) is 0 Å². The first-order chi connectivity index (χ1) is 13.0. The van der Waals surface area contributed by atoms with Gasteiger partial charge >= 0.3 is 5.97 Å². The average Bonchev–Trinajstić information content (AvgIpc) is 2.68. The largest absolute Gasteiger partial charge is 0.536 e. The Morgan fingerprint density at radius 2 is 1.82 bits per heavy atom. The zero-order chi connectivity index (χ0) is 19.8. The van der Waals surface area contributed by atoms with Crippen LogP contribution in [0.25, 0.3) is 11.3 Å². The third-order valence-electron chi connectivity index (χ3n) is 3.52. The molecule has 2 heterocycles. The molecule has 0 saturated carbocycles. The fourth-order valence-corrected chi connectivity index (χ4v) is 2.27. The second kappa shape index (κ2) is 11.1. The first kappa shape index (κ1) is 23.2. The molecule has 0 aliphatic rings. The molecule has 1 radical (unpaired) electrons. The summed E-state index contributed by atoms with van der Waals surface area (Å²) in [5, 5.41) is 8.32. The van der Waals surface area contributed by atoms with E-state index in [0.717, 1.165) is 22.6 Å². The van der Waals surface area contributed by atoms with E-state index in [0.29, 0.717) is 11.5 Å². The van der Waals surface area contributed by atoms with E-state index in [-0.39, 0.29) is 25.8 Å². The molecule has 0 amide bonds. The Labute approximate surface area is 177 Å². The van der Waals surface area contributed by atoms with Gasteiger partial charge in [-0.05, 0) is 26.0 Å². The van der Waals surface area contributed by atoms with E-state index in [4.69, 9.17) is 14.6 Å². The Kier molecular flexibility index (Phi) is 9.21. The molecule has 0 saturated heterocycles. The van der Waals surface area contributed by atoms with Crippen molar-refractivity contribution in [2.24, 2.45) is 0 Å². The maximum Gasteiger partial charge on any atom is 0.354 e. The first-order valence-electron chi connectivity index (χ1n) is 8.05. The van der Waals surface area contributed by atoms with Gasteiger partial charge in [-0.3, -0.25) is 4.98 Å². The molecule has 0 spiro atoms. The summed E-state index contributed by atoms with van der Waals surface area (Å²) in [6.45, 7) is 3.85. The summed E-state index contributed by atoms with van der Waals surface area (Å²) in [4.78, 5) is 22.5. The second-order valence-electron chi connectivity index (χ2n) is 5.45. The molecule has 8 heteroatoms. The van der Waals surface area contributed by atoms with Crippen LogP contribution < -0.4 is 9.47 Å². The molecule has 0 aliphatic carbocycles. The van der Waals surface area contributed by atoms with E-state index in [1.54, 1.807) is 38.6 Å². The van der Waals surface area contributed by atoms with Crippen LogP contribution in [0.2, 0.25) is 0 Å². The molecule has 7 nitrogen and oxygen atoms in total. The summed E-state index contributed by atoms with van der Waals surface area (Å²) in [6, 6.07) is 11.5. The van der Waals surface area contributed by atoms with E-state index >= 15 is 0 Å². The van der Waals surface area contributed by atoms with E-state index in [1.165, 1.54) is 12.3 Å². The van der Waals surface area contributed by atoms with Gasteiger partial charge in [-0.1, -0.05) is 12.1 Å². The number of hydrogen-bond acceptors (Lipinski definition) is 6. The van der Waals surface area contributed by atoms with E-state index in [1.807, 2.05) is 19.9 Å². The van der Waals surface area contributed by atoms with Crippen molar-refractivity contribution in [1.82, 2.24) is 15.0 Å². The fraction of sp³-hybridized carbons (Fsp3) is 0.200. The Morgan fingerprint density at radius 3 is 2.32 bits per heavy atom. The van der Waals surface area contributed by atoms with Gasteiger partial charge in [0.05, 0.1) is 31.4 Å². The van der Waals surface area contributed by atoms with Crippen molar-refractivity contribution in [1.29, 1.82) is 0 Å². The number of carbonyl (C=O) groups is 1. The molecule has 149 valence electrons. The number of nitrogens with zero attached hydrogens (tertiary/aromatic N) is 3. The van der Waals surface area contributed by atoms with E-state index in [2.05, 4.69) is 21.0 Å². The van der Waals surface area contributed by atoms with Gasteiger partial charge in [-0.2, -0.15) is 0 Å². The molecule has 28 heavy (non-hydrogen) atoms. The number of aromatic nitrogens is 3. The number of methoxy groups -OCH3 is 2. The van der Waals surface area contributed by atoms with Gasteiger partial charge in [0.25, 0.3) is 0 Å². The topological polar surface area (TPSA) is 94.4 Å². The Balaban J connectivity index is 0.000000332. The van der Waals surface area contributed by atoms with Gasteiger partial charge in [0.15, 0.2) is 0 Å². The van der Waals surface area contributed by atoms with Gasteiger partial charge in [-0.15, -0.1) is 17.7 Å². The summed E-state index contributed by atoms with van der Waals surface area (Å²) < 4.78 is 10.5. The van der Waals surface area contributed by atoms with Gasteiger partial charge < -0.3 is 19.6 Å². The van der Waals surface area contributed by atoms with Crippen molar-refractivity contribution >= 4 is 5.97 Å². The van der Waals surface area contributed by atoms with Crippen molar-refractivity contribution in [3.8, 4) is 22.8 Å². The number of rotatable bonds is 4. The second-order valence-corrected chi connectivity index (χ2v) is 5.45. The molecule has 0 fully saturated rings. The third-order valence-corrected chi connectivity index (χ3v) is 3.52. The number of ether oxygens (including phenoxy) is 2. The summed E-state index contributed by atoms with van der Waals surface area (Å²) in [5.74, 6) is 0.322. The van der Waals surface area contributed by atoms with Crippen molar-refractivity contribution in [2.75, 3.05) is 14.2 Å². The minimum Gasteiger partial charge on any atom is -0.536 e. The molecule has 0 atom stereocenters. The SMILES string of the molecule is COc1c[c-]c(-c2ncc(C)nc2C)cc1OC.O=C(O)c1ccccn1.[Ir]. The Hall–Kier alpha value is -2.83. The van der Waals surface area contributed by atoms with Crippen LogP contribution in [0, 0.1) is 19.9 Å². The van der Waals surface area contributed by atoms with Crippen LogP contribution in [0.1, 0.15) is 21.9 Å². The van der Waals surface area contributed by atoms with Crippen LogP contribution in [0.5, 0.6) is 11.5 Å². The molecule has 3 rings (SSSR count). The van der Waals surface area contributed by atoms with Crippen molar-refractivity contribution in [2.45, 2.75) is 13.8 Å². The maximum absolute atomic E-state index is 10.1. The average molecular weight is 559 g/mol. The molecule has 0 bridgehead atoms. The number of pyridine rings is 1. The number of aryl methyl sites for hydroxylation is 2. The first-order valence-corrected chi connectivity index (χ1v) is 8.05. The summed E-state index contributed by atoms with van der Waals surface area (Å²) in [7, 11) is 3.21. The molecular formula is C20H20IrN3O4-. The summed E-state index contributed by atoms with van der Waals surface area (Å²) in [6.07, 6.45) is 3.19. The predicted molar refractivity (Wildman–Crippen MR) is 100 cm³/mol. The minimum absolute atomic E-state index is 0. The number of carboxylic acid groups (broad SMARTS) is 1. The van der Waals surface area contributed by atoms with E-state index in [9.17, 15) is 4.79 Å². The molecule has 3 aromatic rings. The molecular weight excluding hydrogens is 538 g/mol. The normalized spacial score (nSPS) is 9.43. The van der Waals surface area contributed by atoms with Crippen LogP contribution in [-0.4, -0.2) is 40.2 Å². The summed E-state index contributed by atoms with van der Waals surface area (Å²) in [5.41, 5.74) is 3.51. The molecule has 2 aromatic heterocycles. The van der Waals surface area contributed by atoms with Crippen LogP contribution in [-0.2, 0) is 20.1 Å². The monoisotopic (exact) mass is 559 g/mol. The van der Waals surface area contributed by atoms with Gasteiger partial charge in [0, 0.05) is 43.9 Å². The molecule has 1 aromatic carbocycles. The standard InChI is InChI=1S/C14H15N2O2.C6H5NO2.Ir/c1-9-8-15-14(10(2)16-9)11-5-6-12(17-3)13(7-11)18-4;8-6(9)5-3-1-2-4-7-5;/h6-8H,1-4H3;1-4H,(H,8,9);/q-1;;. The maximum atomic E-state index is 10.1. The number of benzene rings is 1. The zero-order valence-corrected chi connectivity index (χ0v) is 18.3. The minimum atomic E-state index is -0.990. The zero-order valence-electron chi connectivity index (χ0n) is 15.9. The van der Waals surface area contributed by atoms with Crippen molar-refractivity contribution in [3.05, 3.63) is 65.9 Å². The number of carboxylic acids is 1.